The lowest BCUT2D eigenvalue weighted by Crippen LogP contribution is -2.26. The van der Waals surface area contributed by atoms with Gasteiger partial charge in [-0.2, -0.15) is 0 Å². The molecule has 0 spiro atoms. The minimum absolute atomic E-state index is 0.0612. The van der Waals surface area contributed by atoms with Crippen LogP contribution in [-0.4, -0.2) is 18.4 Å². The van der Waals surface area contributed by atoms with Gasteiger partial charge < -0.3 is 15.4 Å². The first-order chi connectivity index (χ1) is 10.1. The molecule has 1 heterocycles. The van der Waals surface area contributed by atoms with E-state index < -0.39 is 11.7 Å². The van der Waals surface area contributed by atoms with Gasteiger partial charge in [0.2, 0.25) is 0 Å². The molecule has 0 saturated carbocycles. The van der Waals surface area contributed by atoms with Crippen LogP contribution >= 0.6 is 0 Å². The zero-order valence-electron chi connectivity index (χ0n) is 10.9. The second-order valence-electron chi connectivity index (χ2n) is 4.48. The number of para-hydroxylation sites is 1. The fourth-order valence-electron chi connectivity index (χ4n) is 2.03. The number of anilines is 2. The second-order valence-corrected chi connectivity index (χ2v) is 4.48. The molecule has 0 saturated heterocycles. The molecule has 2 amide bonds. The molecule has 0 atom stereocenters. The first kappa shape index (κ1) is 13.1. The van der Waals surface area contributed by atoms with Gasteiger partial charge in [-0.3, -0.25) is 9.59 Å². The number of hydrogen-bond acceptors (Lipinski definition) is 3. The Labute approximate surface area is 119 Å². The van der Waals surface area contributed by atoms with Crippen molar-refractivity contribution in [1.29, 1.82) is 0 Å². The van der Waals surface area contributed by atoms with E-state index in [4.69, 9.17) is 4.74 Å². The Morgan fingerprint density at radius 1 is 1.24 bits per heavy atom. The highest BCUT2D eigenvalue weighted by Crippen LogP contribution is 2.34. The minimum atomic E-state index is -0.491. The predicted molar refractivity (Wildman–Crippen MR) is 74.9 cm³/mol. The average molecular weight is 286 g/mol. The maximum absolute atomic E-state index is 13.1. The van der Waals surface area contributed by atoms with Crippen LogP contribution in [0.4, 0.5) is 15.8 Å². The second kappa shape index (κ2) is 5.24. The largest absolute Gasteiger partial charge is 0.481 e. The van der Waals surface area contributed by atoms with Crippen LogP contribution < -0.4 is 15.4 Å². The van der Waals surface area contributed by atoms with Gasteiger partial charge in [0, 0.05) is 5.56 Å². The van der Waals surface area contributed by atoms with Gasteiger partial charge in [0.15, 0.2) is 6.61 Å². The number of carbonyl (C=O) groups is 2. The van der Waals surface area contributed by atoms with E-state index in [0.29, 0.717) is 17.1 Å². The Balaban J connectivity index is 1.89. The molecular weight excluding hydrogens is 275 g/mol. The molecule has 1 aliphatic rings. The van der Waals surface area contributed by atoms with E-state index in [9.17, 15) is 14.0 Å². The molecule has 0 radical (unpaired) electrons. The van der Waals surface area contributed by atoms with Crippen molar-refractivity contribution in [2.75, 3.05) is 17.2 Å². The van der Waals surface area contributed by atoms with Crippen molar-refractivity contribution in [3.8, 4) is 5.75 Å². The molecule has 106 valence electrons. The van der Waals surface area contributed by atoms with Gasteiger partial charge in [-0.05, 0) is 30.3 Å². The molecule has 2 N–H and O–H groups in total. The van der Waals surface area contributed by atoms with E-state index in [1.54, 1.807) is 18.2 Å². The molecule has 0 aromatic heterocycles. The lowest BCUT2D eigenvalue weighted by Gasteiger charge is -2.20. The van der Waals surface area contributed by atoms with Gasteiger partial charge in [0.25, 0.3) is 11.8 Å². The standard InChI is InChI=1S/C15H11FN2O3/c16-10-4-1-3-9(7-10)15(20)17-11-5-2-6-12-14(11)18-13(19)8-21-12/h1-7H,8H2,(H,17,20)(H,18,19). The summed E-state index contributed by atoms with van der Waals surface area (Å²) in [4.78, 5) is 23.5. The molecule has 3 rings (SSSR count). The summed E-state index contributed by atoms with van der Waals surface area (Å²) < 4.78 is 18.4. The van der Waals surface area contributed by atoms with E-state index in [1.807, 2.05) is 0 Å². The van der Waals surface area contributed by atoms with Gasteiger partial charge in [-0.15, -0.1) is 0 Å². The quantitative estimate of drug-likeness (QED) is 0.891. The Morgan fingerprint density at radius 2 is 2.05 bits per heavy atom. The van der Waals surface area contributed by atoms with Crippen molar-refractivity contribution < 1.29 is 18.7 Å². The van der Waals surface area contributed by atoms with E-state index in [0.717, 1.165) is 6.07 Å². The highest BCUT2D eigenvalue weighted by molar-refractivity contribution is 6.08. The molecule has 0 aliphatic carbocycles. The summed E-state index contributed by atoms with van der Waals surface area (Å²) in [6.45, 7) is -0.0612. The first-order valence-electron chi connectivity index (χ1n) is 6.26. The molecule has 0 bridgehead atoms. The SMILES string of the molecule is O=C1COc2cccc(NC(=O)c3cccc(F)c3)c2N1. The van der Waals surface area contributed by atoms with Gasteiger partial charge in [0.05, 0.1) is 5.69 Å². The van der Waals surface area contributed by atoms with Crippen LogP contribution in [0.15, 0.2) is 42.5 Å². The third-order valence-corrected chi connectivity index (χ3v) is 2.98. The Kier molecular flexibility index (Phi) is 3.27. The highest BCUT2D eigenvalue weighted by Gasteiger charge is 2.20. The molecular formula is C15H11FN2O3. The summed E-state index contributed by atoms with van der Waals surface area (Å²) in [6.07, 6.45) is 0. The summed E-state index contributed by atoms with van der Waals surface area (Å²) in [5.41, 5.74) is 0.990. The van der Waals surface area contributed by atoms with Crippen LogP contribution in [0, 0.1) is 5.82 Å². The smallest absolute Gasteiger partial charge is 0.262 e. The van der Waals surface area contributed by atoms with Gasteiger partial charge in [-0.1, -0.05) is 12.1 Å². The molecule has 2 aromatic carbocycles. The molecule has 1 aliphatic heterocycles. The molecule has 0 unspecified atom stereocenters. The zero-order chi connectivity index (χ0) is 14.8. The van der Waals surface area contributed by atoms with Gasteiger partial charge in [0.1, 0.15) is 17.3 Å². The normalized spacial score (nSPS) is 12.9. The fraction of sp³-hybridized carbons (Fsp3) is 0.0667. The maximum atomic E-state index is 13.1. The van der Waals surface area contributed by atoms with Crippen molar-refractivity contribution in [1.82, 2.24) is 0 Å². The number of fused-ring (bicyclic) bond motifs is 1. The summed E-state index contributed by atoms with van der Waals surface area (Å²) >= 11 is 0. The van der Waals surface area contributed by atoms with Crippen LogP contribution in [0.3, 0.4) is 0 Å². The fourth-order valence-corrected chi connectivity index (χ4v) is 2.03. The monoisotopic (exact) mass is 286 g/mol. The molecule has 2 aromatic rings. The van der Waals surface area contributed by atoms with Crippen LogP contribution in [0.25, 0.3) is 0 Å². The number of benzene rings is 2. The van der Waals surface area contributed by atoms with Crippen molar-refractivity contribution in [2.45, 2.75) is 0 Å². The number of nitrogens with one attached hydrogen (secondary N) is 2. The van der Waals surface area contributed by atoms with Crippen LogP contribution in [-0.2, 0) is 4.79 Å². The number of ether oxygens (including phenoxy) is 1. The lowest BCUT2D eigenvalue weighted by atomic mass is 10.2. The summed E-state index contributed by atoms with van der Waals surface area (Å²) in [6, 6.07) is 10.4. The van der Waals surface area contributed by atoms with Crippen molar-refractivity contribution in [3.63, 3.8) is 0 Å². The Hall–Kier alpha value is -2.89. The summed E-state index contributed by atoms with van der Waals surface area (Å²) in [5.74, 6) is -0.779. The number of halogens is 1. The number of carbonyl (C=O) groups excluding carboxylic acids is 2. The average Bonchev–Trinajstić information content (AvgIpc) is 2.48. The number of rotatable bonds is 2. The third kappa shape index (κ3) is 2.69. The maximum Gasteiger partial charge on any atom is 0.262 e. The minimum Gasteiger partial charge on any atom is -0.481 e. The van der Waals surface area contributed by atoms with Gasteiger partial charge in [-0.25, -0.2) is 4.39 Å². The van der Waals surface area contributed by atoms with E-state index in [1.165, 1.54) is 18.2 Å². The predicted octanol–water partition coefficient (Wildman–Crippen LogP) is 2.41. The van der Waals surface area contributed by atoms with Gasteiger partial charge >= 0.3 is 0 Å². The van der Waals surface area contributed by atoms with Crippen LogP contribution in [0.1, 0.15) is 10.4 Å². The van der Waals surface area contributed by atoms with Crippen molar-refractivity contribution in [3.05, 3.63) is 53.8 Å². The van der Waals surface area contributed by atoms with Crippen molar-refractivity contribution in [2.24, 2.45) is 0 Å². The van der Waals surface area contributed by atoms with Crippen molar-refractivity contribution >= 4 is 23.2 Å². The lowest BCUT2D eigenvalue weighted by molar-refractivity contribution is -0.118. The van der Waals surface area contributed by atoms with E-state index in [2.05, 4.69) is 10.6 Å². The Bertz CT molecular complexity index is 731. The number of hydrogen-bond donors (Lipinski definition) is 2. The third-order valence-electron chi connectivity index (χ3n) is 2.98. The summed E-state index contributed by atoms with van der Waals surface area (Å²) in [5, 5.41) is 5.28. The van der Waals surface area contributed by atoms with Crippen LogP contribution in [0.2, 0.25) is 0 Å². The molecule has 6 heteroatoms. The summed E-state index contributed by atoms with van der Waals surface area (Å²) in [7, 11) is 0. The van der Waals surface area contributed by atoms with E-state index in [-0.39, 0.29) is 18.1 Å². The topological polar surface area (TPSA) is 67.4 Å². The van der Waals surface area contributed by atoms with E-state index >= 15 is 0 Å². The molecule has 21 heavy (non-hydrogen) atoms. The first-order valence-corrected chi connectivity index (χ1v) is 6.26. The highest BCUT2D eigenvalue weighted by atomic mass is 19.1. The number of amides is 2. The molecule has 5 nitrogen and oxygen atoms in total. The zero-order valence-corrected chi connectivity index (χ0v) is 10.9. The van der Waals surface area contributed by atoms with Crippen LogP contribution in [0.5, 0.6) is 5.75 Å². The Morgan fingerprint density at radius 3 is 2.86 bits per heavy atom. The molecule has 0 fully saturated rings.